The molecule has 2 aromatic rings. The van der Waals surface area contributed by atoms with Crippen LogP contribution in [0.1, 0.15) is 6.92 Å². The van der Waals surface area contributed by atoms with Crippen molar-refractivity contribution in [2.45, 2.75) is 6.92 Å². The molecule has 2 rings (SSSR count). The highest BCUT2D eigenvalue weighted by atomic mass is 16.6. The second-order valence-corrected chi connectivity index (χ2v) is 4.59. The minimum absolute atomic E-state index is 0.0676. The van der Waals surface area contributed by atoms with E-state index in [1.807, 2.05) is 0 Å². The Morgan fingerprint density at radius 2 is 2.00 bits per heavy atom. The lowest BCUT2D eigenvalue weighted by molar-refractivity contribution is -0.385. The minimum Gasteiger partial charge on any atom is -0.449 e. The molecule has 1 heterocycles. The van der Waals surface area contributed by atoms with E-state index in [1.54, 1.807) is 38.2 Å². The summed E-state index contributed by atoms with van der Waals surface area (Å²) < 4.78 is 4.92. The molecule has 0 saturated heterocycles. The van der Waals surface area contributed by atoms with Gasteiger partial charge in [0.05, 0.1) is 11.5 Å². The van der Waals surface area contributed by atoms with Crippen molar-refractivity contribution < 1.29 is 14.5 Å². The van der Waals surface area contributed by atoms with Gasteiger partial charge >= 0.3 is 6.09 Å². The van der Waals surface area contributed by atoms with E-state index in [9.17, 15) is 14.9 Å². The number of nitrogens with zero attached hydrogens (tertiary/aromatic N) is 3. The molecule has 23 heavy (non-hydrogen) atoms. The molecule has 0 aliphatic carbocycles. The Balaban J connectivity index is 2.05. The number of anilines is 3. The lowest BCUT2D eigenvalue weighted by Gasteiger charge is -2.17. The quantitative estimate of drug-likeness (QED) is 0.671. The number of rotatable bonds is 5. The molecule has 1 aromatic heterocycles. The summed E-state index contributed by atoms with van der Waals surface area (Å²) in [4.78, 5) is 27.1. The number of benzene rings is 1. The van der Waals surface area contributed by atoms with Crippen LogP contribution in [0.5, 0.6) is 0 Å². The monoisotopic (exact) mass is 316 g/mol. The molecule has 0 atom stereocenters. The third-order valence-corrected chi connectivity index (χ3v) is 3.03. The van der Waals surface area contributed by atoms with Gasteiger partial charge in [-0.2, -0.15) is 0 Å². The molecule has 120 valence electrons. The second-order valence-electron chi connectivity index (χ2n) is 4.59. The molecule has 0 saturated carbocycles. The van der Waals surface area contributed by atoms with Crippen molar-refractivity contribution in [2.24, 2.45) is 0 Å². The Labute approximate surface area is 132 Å². The van der Waals surface area contributed by atoms with Crippen LogP contribution >= 0.6 is 0 Å². The molecule has 0 spiro atoms. The van der Waals surface area contributed by atoms with Gasteiger partial charge in [0.1, 0.15) is 12.0 Å². The summed E-state index contributed by atoms with van der Waals surface area (Å²) >= 11 is 0. The fraction of sp³-hybridized carbons (Fsp3) is 0.200. The molecule has 8 nitrogen and oxygen atoms in total. The summed E-state index contributed by atoms with van der Waals surface area (Å²) in [5.41, 5.74) is 1.36. The number of amides is 1. The molecular weight excluding hydrogens is 300 g/mol. The maximum absolute atomic E-state index is 11.6. The molecule has 0 aliphatic rings. The number of aromatic nitrogens is 1. The Hall–Kier alpha value is -3.16. The first-order valence-corrected chi connectivity index (χ1v) is 6.89. The van der Waals surface area contributed by atoms with Crippen molar-refractivity contribution in [3.05, 3.63) is 52.7 Å². The summed E-state index contributed by atoms with van der Waals surface area (Å²) in [5.74, 6) is 0.488. The van der Waals surface area contributed by atoms with Crippen molar-refractivity contribution in [3.8, 4) is 0 Å². The lowest BCUT2D eigenvalue weighted by atomic mass is 10.2. The SMILES string of the molecule is CCOC(=O)N(C)c1ccc(Nc2ccc([N+](=O)[O-])cn2)cc1. The normalized spacial score (nSPS) is 10.0. The van der Waals surface area contributed by atoms with Crippen LogP contribution in [0.25, 0.3) is 0 Å². The summed E-state index contributed by atoms with van der Waals surface area (Å²) in [5, 5.41) is 13.6. The van der Waals surface area contributed by atoms with Crippen LogP contribution in [0.15, 0.2) is 42.6 Å². The largest absolute Gasteiger partial charge is 0.449 e. The van der Waals surface area contributed by atoms with E-state index in [0.717, 1.165) is 5.69 Å². The number of nitrogens with one attached hydrogen (secondary N) is 1. The molecule has 1 aromatic carbocycles. The van der Waals surface area contributed by atoms with Crippen LogP contribution in [0.3, 0.4) is 0 Å². The van der Waals surface area contributed by atoms with Gasteiger partial charge in [-0.3, -0.25) is 15.0 Å². The van der Waals surface area contributed by atoms with Crippen molar-refractivity contribution in [3.63, 3.8) is 0 Å². The highest BCUT2D eigenvalue weighted by Gasteiger charge is 2.11. The van der Waals surface area contributed by atoms with Crippen LogP contribution < -0.4 is 10.2 Å². The van der Waals surface area contributed by atoms with Gasteiger partial charge in [-0.25, -0.2) is 9.78 Å². The van der Waals surface area contributed by atoms with E-state index in [4.69, 9.17) is 4.74 Å². The van der Waals surface area contributed by atoms with Gasteiger partial charge in [0.15, 0.2) is 0 Å². The van der Waals surface area contributed by atoms with E-state index in [0.29, 0.717) is 18.1 Å². The molecule has 8 heteroatoms. The van der Waals surface area contributed by atoms with Crippen LogP contribution in [-0.4, -0.2) is 29.7 Å². The van der Waals surface area contributed by atoms with Gasteiger partial charge < -0.3 is 10.1 Å². The van der Waals surface area contributed by atoms with Crippen LogP contribution in [-0.2, 0) is 4.74 Å². The van der Waals surface area contributed by atoms with E-state index in [2.05, 4.69) is 10.3 Å². The molecule has 0 aliphatic heterocycles. The average Bonchev–Trinajstić information content (AvgIpc) is 2.55. The standard InChI is InChI=1S/C15H16N4O4/c1-3-23-15(20)18(2)12-6-4-11(5-7-12)17-14-9-8-13(10-16-14)19(21)22/h4-10H,3H2,1-2H3,(H,16,17). The zero-order valence-corrected chi connectivity index (χ0v) is 12.7. The maximum Gasteiger partial charge on any atom is 0.413 e. The molecule has 0 unspecified atom stereocenters. The molecule has 0 fully saturated rings. The highest BCUT2D eigenvalue weighted by molar-refractivity contribution is 5.87. The zero-order valence-electron chi connectivity index (χ0n) is 12.7. The number of nitro groups is 1. The number of carbonyl (C=O) groups excluding carboxylic acids is 1. The Morgan fingerprint density at radius 1 is 1.30 bits per heavy atom. The van der Waals surface area contributed by atoms with Crippen LogP contribution in [0, 0.1) is 10.1 Å². The lowest BCUT2D eigenvalue weighted by Crippen LogP contribution is -2.26. The van der Waals surface area contributed by atoms with Crippen LogP contribution in [0.4, 0.5) is 27.7 Å². The predicted octanol–water partition coefficient (Wildman–Crippen LogP) is 3.33. The van der Waals surface area contributed by atoms with E-state index >= 15 is 0 Å². The minimum atomic E-state index is -0.503. The summed E-state index contributed by atoms with van der Waals surface area (Å²) in [6.45, 7) is 2.06. The number of ether oxygens (including phenoxy) is 1. The first-order chi connectivity index (χ1) is 11.0. The fourth-order valence-corrected chi connectivity index (χ4v) is 1.81. The Kier molecular flexibility index (Phi) is 5.08. The summed E-state index contributed by atoms with van der Waals surface area (Å²) in [6, 6.07) is 9.95. The maximum atomic E-state index is 11.6. The number of carbonyl (C=O) groups is 1. The molecule has 1 amide bonds. The fourth-order valence-electron chi connectivity index (χ4n) is 1.81. The van der Waals surface area contributed by atoms with Gasteiger partial charge in [0, 0.05) is 24.5 Å². The molecule has 0 radical (unpaired) electrons. The highest BCUT2D eigenvalue weighted by Crippen LogP contribution is 2.21. The first-order valence-electron chi connectivity index (χ1n) is 6.89. The molecular formula is C15H16N4O4. The van der Waals surface area contributed by atoms with Gasteiger partial charge in [0.25, 0.3) is 5.69 Å². The van der Waals surface area contributed by atoms with Gasteiger partial charge in [-0.05, 0) is 37.3 Å². The Morgan fingerprint density at radius 3 is 2.52 bits per heavy atom. The van der Waals surface area contributed by atoms with Crippen molar-refractivity contribution in [1.29, 1.82) is 0 Å². The van der Waals surface area contributed by atoms with E-state index in [1.165, 1.54) is 23.2 Å². The van der Waals surface area contributed by atoms with Gasteiger partial charge in [-0.15, -0.1) is 0 Å². The number of hydrogen-bond donors (Lipinski definition) is 1. The predicted molar refractivity (Wildman–Crippen MR) is 86.0 cm³/mol. The number of pyridine rings is 1. The zero-order chi connectivity index (χ0) is 16.8. The van der Waals surface area contributed by atoms with Crippen LogP contribution in [0.2, 0.25) is 0 Å². The third-order valence-electron chi connectivity index (χ3n) is 3.03. The molecule has 0 bridgehead atoms. The Bertz CT molecular complexity index is 686. The summed E-state index contributed by atoms with van der Waals surface area (Å²) in [7, 11) is 1.62. The smallest absolute Gasteiger partial charge is 0.413 e. The average molecular weight is 316 g/mol. The van der Waals surface area contributed by atoms with E-state index in [-0.39, 0.29) is 5.69 Å². The van der Waals surface area contributed by atoms with Crippen molar-refractivity contribution in [1.82, 2.24) is 4.98 Å². The van der Waals surface area contributed by atoms with Gasteiger partial charge in [-0.1, -0.05) is 0 Å². The first kappa shape index (κ1) is 16.2. The summed E-state index contributed by atoms with van der Waals surface area (Å²) in [6.07, 6.45) is 0.760. The third kappa shape index (κ3) is 4.16. The van der Waals surface area contributed by atoms with E-state index < -0.39 is 11.0 Å². The van der Waals surface area contributed by atoms with Gasteiger partial charge in [0.2, 0.25) is 0 Å². The van der Waals surface area contributed by atoms with Crippen molar-refractivity contribution >= 4 is 29.0 Å². The van der Waals surface area contributed by atoms with Crippen molar-refractivity contribution in [2.75, 3.05) is 23.9 Å². The topological polar surface area (TPSA) is 97.6 Å². The molecule has 1 N–H and O–H groups in total. The number of hydrogen-bond acceptors (Lipinski definition) is 6. The second kappa shape index (κ2) is 7.21.